The van der Waals surface area contributed by atoms with Gasteiger partial charge >= 0.3 is 5.97 Å². The lowest BCUT2D eigenvalue weighted by atomic mass is 10.1. The van der Waals surface area contributed by atoms with Crippen molar-refractivity contribution in [2.45, 2.75) is 47.1 Å². The van der Waals surface area contributed by atoms with Crippen LogP contribution in [0, 0.1) is 13.8 Å². The van der Waals surface area contributed by atoms with E-state index in [-0.39, 0.29) is 11.5 Å². The highest BCUT2D eigenvalue weighted by molar-refractivity contribution is 5.92. The zero-order valence-corrected chi connectivity index (χ0v) is 11.6. The summed E-state index contributed by atoms with van der Waals surface area (Å²) in [4.78, 5) is 23.8. The fraction of sp³-hybridized carbons (Fsp3) is 0.571. The molecule has 1 aromatic rings. The van der Waals surface area contributed by atoms with Gasteiger partial charge in [0.1, 0.15) is 0 Å². The van der Waals surface area contributed by atoms with Gasteiger partial charge in [0, 0.05) is 18.3 Å². The van der Waals surface area contributed by atoms with Gasteiger partial charge in [0.15, 0.2) is 0 Å². The van der Waals surface area contributed by atoms with Crippen LogP contribution in [0.15, 0.2) is 10.9 Å². The standard InChI is InChI=1S/C14H21NO3/c1-5-7-8-15-11(4)13(14(17)18-6-2)10(3)9-12(15)16/h9H,5-8H2,1-4H3. The lowest BCUT2D eigenvalue weighted by Gasteiger charge is -2.15. The van der Waals surface area contributed by atoms with Crippen molar-refractivity contribution in [2.24, 2.45) is 0 Å². The molecule has 0 fully saturated rings. The molecule has 18 heavy (non-hydrogen) atoms. The molecule has 4 heteroatoms. The van der Waals surface area contributed by atoms with Crippen LogP contribution in [0.25, 0.3) is 0 Å². The van der Waals surface area contributed by atoms with Crippen molar-refractivity contribution in [3.8, 4) is 0 Å². The van der Waals surface area contributed by atoms with Gasteiger partial charge in [0.2, 0.25) is 0 Å². The quantitative estimate of drug-likeness (QED) is 0.755. The molecule has 0 atom stereocenters. The summed E-state index contributed by atoms with van der Waals surface area (Å²) in [5.41, 5.74) is 1.86. The molecule has 0 aliphatic heterocycles. The zero-order valence-electron chi connectivity index (χ0n) is 11.6. The van der Waals surface area contributed by atoms with Gasteiger partial charge in [-0.3, -0.25) is 4.79 Å². The summed E-state index contributed by atoms with van der Waals surface area (Å²) in [6, 6.07) is 1.51. The van der Waals surface area contributed by atoms with Crippen LogP contribution in [-0.2, 0) is 11.3 Å². The van der Waals surface area contributed by atoms with Gasteiger partial charge in [-0.25, -0.2) is 4.79 Å². The molecule has 1 aromatic heterocycles. The molecule has 0 bridgehead atoms. The minimum absolute atomic E-state index is 0.0495. The molecule has 0 aliphatic carbocycles. The largest absolute Gasteiger partial charge is 0.462 e. The second-order valence-corrected chi connectivity index (χ2v) is 4.35. The Balaban J connectivity index is 3.26. The van der Waals surface area contributed by atoms with E-state index in [1.807, 2.05) is 0 Å². The first-order valence-corrected chi connectivity index (χ1v) is 6.41. The Labute approximate surface area is 108 Å². The molecule has 0 saturated carbocycles. The van der Waals surface area contributed by atoms with Gasteiger partial charge in [-0.2, -0.15) is 0 Å². The van der Waals surface area contributed by atoms with E-state index in [9.17, 15) is 9.59 Å². The summed E-state index contributed by atoms with van der Waals surface area (Å²) in [6.45, 7) is 8.40. The normalized spacial score (nSPS) is 10.4. The fourth-order valence-electron chi connectivity index (χ4n) is 2.03. The smallest absolute Gasteiger partial charge is 0.340 e. The summed E-state index contributed by atoms with van der Waals surface area (Å²) in [5, 5.41) is 0. The number of nitrogens with zero attached hydrogens (tertiary/aromatic N) is 1. The second kappa shape index (κ2) is 6.38. The first-order valence-electron chi connectivity index (χ1n) is 6.41. The van der Waals surface area contributed by atoms with Crippen molar-refractivity contribution >= 4 is 5.97 Å². The van der Waals surface area contributed by atoms with E-state index < -0.39 is 0 Å². The number of hydrogen-bond acceptors (Lipinski definition) is 3. The summed E-state index contributed by atoms with van der Waals surface area (Å²) in [6.07, 6.45) is 1.93. The van der Waals surface area contributed by atoms with E-state index in [0.29, 0.717) is 30.0 Å². The summed E-state index contributed by atoms with van der Waals surface area (Å²) < 4.78 is 6.69. The Morgan fingerprint density at radius 3 is 2.56 bits per heavy atom. The Morgan fingerprint density at radius 2 is 2.00 bits per heavy atom. The monoisotopic (exact) mass is 251 g/mol. The number of carbonyl (C=O) groups is 1. The van der Waals surface area contributed by atoms with Crippen molar-refractivity contribution in [3.05, 3.63) is 33.2 Å². The topological polar surface area (TPSA) is 48.3 Å². The molecule has 0 amide bonds. The third-order valence-electron chi connectivity index (χ3n) is 2.98. The highest BCUT2D eigenvalue weighted by atomic mass is 16.5. The Kier molecular flexibility index (Phi) is 5.13. The Hall–Kier alpha value is -1.58. The van der Waals surface area contributed by atoms with E-state index in [4.69, 9.17) is 4.74 Å². The lowest BCUT2D eigenvalue weighted by Crippen LogP contribution is -2.26. The molecule has 0 aliphatic rings. The fourth-order valence-corrected chi connectivity index (χ4v) is 2.03. The van der Waals surface area contributed by atoms with Gasteiger partial charge in [-0.15, -0.1) is 0 Å². The predicted octanol–water partition coefficient (Wildman–Crippen LogP) is 2.44. The van der Waals surface area contributed by atoms with Crippen molar-refractivity contribution in [1.82, 2.24) is 4.57 Å². The minimum Gasteiger partial charge on any atom is -0.462 e. The second-order valence-electron chi connectivity index (χ2n) is 4.35. The first-order chi connectivity index (χ1) is 8.52. The van der Waals surface area contributed by atoms with Gasteiger partial charge in [0.25, 0.3) is 5.56 Å². The van der Waals surface area contributed by atoms with Gasteiger partial charge in [-0.1, -0.05) is 13.3 Å². The number of carbonyl (C=O) groups excluding carboxylic acids is 1. The maximum Gasteiger partial charge on any atom is 0.340 e. The van der Waals surface area contributed by atoms with Gasteiger partial charge in [-0.05, 0) is 32.8 Å². The molecule has 1 heterocycles. The molecule has 0 aromatic carbocycles. The van der Waals surface area contributed by atoms with Crippen molar-refractivity contribution in [3.63, 3.8) is 0 Å². The number of ether oxygens (including phenoxy) is 1. The van der Waals surface area contributed by atoms with Gasteiger partial charge in [0.05, 0.1) is 12.2 Å². The number of hydrogen-bond donors (Lipinski definition) is 0. The van der Waals surface area contributed by atoms with E-state index in [1.165, 1.54) is 6.07 Å². The average molecular weight is 251 g/mol. The summed E-state index contributed by atoms with van der Waals surface area (Å²) >= 11 is 0. The maximum atomic E-state index is 11.9. The number of unbranched alkanes of at least 4 members (excludes halogenated alkanes) is 1. The van der Waals surface area contributed by atoms with Crippen LogP contribution in [0.2, 0.25) is 0 Å². The Bertz CT molecular complexity index is 489. The maximum absolute atomic E-state index is 11.9. The zero-order chi connectivity index (χ0) is 13.7. The van der Waals surface area contributed by atoms with E-state index >= 15 is 0 Å². The number of aryl methyl sites for hydroxylation is 1. The van der Waals surface area contributed by atoms with Crippen LogP contribution in [0.1, 0.15) is 48.3 Å². The molecule has 1 rings (SSSR count). The van der Waals surface area contributed by atoms with Crippen molar-refractivity contribution in [2.75, 3.05) is 6.61 Å². The third-order valence-corrected chi connectivity index (χ3v) is 2.98. The molecule has 0 spiro atoms. The molecule has 0 N–H and O–H groups in total. The van der Waals surface area contributed by atoms with Crippen LogP contribution in [0.4, 0.5) is 0 Å². The third kappa shape index (κ3) is 3.00. The molecule has 0 saturated heterocycles. The minimum atomic E-state index is -0.349. The van der Waals surface area contributed by atoms with Crippen LogP contribution >= 0.6 is 0 Å². The van der Waals surface area contributed by atoms with E-state index in [1.54, 1.807) is 25.3 Å². The molecule has 0 unspecified atom stereocenters. The van der Waals surface area contributed by atoms with E-state index in [0.717, 1.165) is 12.8 Å². The molecule has 4 nitrogen and oxygen atoms in total. The highest BCUT2D eigenvalue weighted by Gasteiger charge is 2.17. The number of rotatable bonds is 5. The van der Waals surface area contributed by atoms with Crippen LogP contribution in [0.3, 0.4) is 0 Å². The lowest BCUT2D eigenvalue weighted by molar-refractivity contribution is 0.0523. The molecular formula is C14H21NO3. The van der Waals surface area contributed by atoms with Crippen molar-refractivity contribution < 1.29 is 9.53 Å². The van der Waals surface area contributed by atoms with Gasteiger partial charge < -0.3 is 9.30 Å². The summed E-state index contributed by atoms with van der Waals surface area (Å²) in [5.74, 6) is -0.349. The number of esters is 1. The average Bonchev–Trinajstić information content (AvgIpc) is 2.28. The molecule has 100 valence electrons. The Morgan fingerprint density at radius 1 is 1.33 bits per heavy atom. The van der Waals surface area contributed by atoms with Crippen LogP contribution in [0.5, 0.6) is 0 Å². The summed E-state index contributed by atoms with van der Waals surface area (Å²) in [7, 11) is 0. The SMILES string of the molecule is CCCCn1c(C)c(C(=O)OCC)c(C)cc1=O. The number of pyridine rings is 1. The van der Waals surface area contributed by atoms with Crippen LogP contribution < -0.4 is 5.56 Å². The predicted molar refractivity (Wildman–Crippen MR) is 71.0 cm³/mol. The number of aromatic nitrogens is 1. The van der Waals surface area contributed by atoms with Crippen molar-refractivity contribution in [1.29, 1.82) is 0 Å². The molecule has 0 radical (unpaired) electrons. The highest BCUT2D eigenvalue weighted by Crippen LogP contribution is 2.13. The first kappa shape index (κ1) is 14.5. The van der Waals surface area contributed by atoms with Crippen LogP contribution in [-0.4, -0.2) is 17.1 Å². The molecular weight excluding hydrogens is 230 g/mol. The van der Waals surface area contributed by atoms with E-state index in [2.05, 4.69) is 6.92 Å².